The highest BCUT2D eigenvalue weighted by Gasteiger charge is 2.26. The molecule has 1 fully saturated rings. The minimum absolute atomic E-state index is 0.0414. The predicted octanol–water partition coefficient (Wildman–Crippen LogP) is 3.23. The number of hydrogen-bond acceptors (Lipinski definition) is 5. The minimum Gasteiger partial charge on any atom is -0.448 e. The summed E-state index contributed by atoms with van der Waals surface area (Å²) in [6.07, 6.45) is 3.05. The lowest BCUT2D eigenvalue weighted by molar-refractivity contribution is -0.129. The van der Waals surface area contributed by atoms with Crippen LogP contribution in [0.3, 0.4) is 0 Å². The van der Waals surface area contributed by atoms with Gasteiger partial charge in [0.05, 0.1) is 10.7 Å². The van der Waals surface area contributed by atoms with Gasteiger partial charge in [-0.1, -0.05) is 47.6 Å². The summed E-state index contributed by atoms with van der Waals surface area (Å²) in [6, 6.07) is 0.131. The molecule has 1 aliphatic rings. The number of nitrogens with one attached hydrogen (secondary N) is 1. The molecule has 0 unspecified atom stereocenters. The highest BCUT2D eigenvalue weighted by Crippen LogP contribution is 2.34. The van der Waals surface area contributed by atoms with Crippen molar-refractivity contribution in [3.8, 4) is 0 Å². The number of hydrogen-bond donors (Lipinski definition) is 2. The molecule has 1 amide bonds. The Labute approximate surface area is 148 Å². The number of carbonyl (C=O) groups excluding carboxylic acids is 2. The lowest BCUT2D eigenvalue weighted by Gasteiger charge is -2.17. The maximum Gasteiger partial charge on any atom is 0.359 e. The Morgan fingerprint density at radius 3 is 2.48 bits per heavy atom. The van der Waals surface area contributed by atoms with Crippen LogP contribution < -0.4 is 11.1 Å². The number of carbonyl (C=O) groups is 2. The van der Waals surface area contributed by atoms with E-state index in [-0.39, 0.29) is 38.5 Å². The third-order valence-electron chi connectivity index (χ3n) is 3.62. The van der Waals surface area contributed by atoms with E-state index in [9.17, 15) is 9.59 Å². The van der Waals surface area contributed by atoms with Crippen LogP contribution in [-0.2, 0) is 9.53 Å². The third-order valence-corrected chi connectivity index (χ3v) is 4.76. The van der Waals surface area contributed by atoms with Crippen molar-refractivity contribution in [3.05, 3.63) is 20.9 Å². The van der Waals surface area contributed by atoms with Crippen molar-refractivity contribution in [2.45, 2.75) is 44.8 Å². The van der Waals surface area contributed by atoms with Gasteiger partial charge in [0, 0.05) is 6.04 Å². The first-order valence-corrected chi connectivity index (χ1v) is 8.26. The number of esters is 1. The zero-order valence-corrected chi connectivity index (χ0v) is 14.6. The summed E-state index contributed by atoms with van der Waals surface area (Å²) in [5.41, 5.74) is 5.30. The SMILES string of the molecule is C[C@@H](OC(=O)c1nc(Cl)c(Cl)c(N)c1Cl)C(=O)NC1CCCC1. The van der Waals surface area contributed by atoms with Gasteiger partial charge in [-0.2, -0.15) is 0 Å². The Bertz CT molecular complexity index is 633. The summed E-state index contributed by atoms with van der Waals surface area (Å²) < 4.78 is 5.08. The minimum atomic E-state index is -0.989. The predicted molar refractivity (Wildman–Crippen MR) is 89.0 cm³/mol. The van der Waals surface area contributed by atoms with Crippen LogP contribution in [0.15, 0.2) is 0 Å². The Morgan fingerprint density at radius 2 is 1.87 bits per heavy atom. The smallest absolute Gasteiger partial charge is 0.359 e. The van der Waals surface area contributed by atoms with E-state index in [1.807, 2.05) is 0 Å². The molecular formula is C14H16Cl3N3O3. The zero-order valence-electron chi connectivity index (χ0n) is 12.4. The van der Waals surface area contributed by atoms with E-state index < -0.39 is 12.1 Å². The van der Waals surface area contributed by atoms with Crippen LogP contribution in [0.2, 0.25) is 15.2 Å². The van der Waals surface area contributed by atoms with Crippen LogP contribution in [-0.4, -0.2) is 29.0 Å². The molecule has 0 aliphatic heterocycles. The second-order valence-corrected chi connectivity index (χ2v) is 6.44. The summed E-state index contributed by atoms with van der Waals surface area (Å²) in [7, 11) is 0. The molecule has 1 aliphatic carbocycles. The maximum atomic E-state index is 12.1. The van der Waals surface area contributed by atoms with Crippen LogP contribution in [0.25, 0.3) is 0 Å². The van der Waals surface area contributed by atoms with Crippen molar-refractivity contribution < 1.29 is 14.3 Å². The quantitative estimate of drug-likeness (QED) is 0.618. The van der Waals surface area contributed by atoms with Gasteiger partial charge < -0.3 is 15.8 Å². The molecule has 2 rings (SSSR count). The number of ether oxygens (including phenoxy) is 1. The largest absolute Gasteiger partial charge is 0.448 e. The zero-order chi connectivity index (χ0) is 17.1. The summed E-state index contributed by atoms with van der Waals surface area (Å²) in [4.78, 5) is 27.9. The molecule has 0 radical (unpaired) electrons. The number of anilines is 1. The summed E-state index contributed by atoms with van der Waals surface area (Å²) in [5, 5.41) is 2.48. The van der Waals surface area contributed by atoms with Gasteiger partial charge in [0.1, 0.15) is 5.02 Å². The van der Waals surface area contributed by atoms with Crippen LogP contribution >= 0.6 is 34.8 Å². The average Bonchev–Trinajstić information content (AvgIpc) is 3.01. The van der Waals surface area contributed by atoms with Crippen LogP contribution in [0.4, 0.5) is 5.69 Å². The number of nitrogens with two attached hydrogens (primary N) is 1. The molecule has 1 saturated carbocycles. The monoisotopic (exact) mass is 379 g/mol. The molecule has 23 heavy (non-hydrogen) atoms. The number of aromatic nitrogens is 1. The van der Waals surface area contributed by atoms with E-state index in [2.05, 4.69) is 10.3 Å². The van der Waals surface area contributed by atoms with Crippen molar-refractivity contribution in [2.24, 2.45) is 0 Å². The Balaban J connectivity index is 2.05. The summed E-state index contributed by atoms with van der Waals surface area (Å²) >= 11 is 17.5. The first kappa shape index (κ1) is 18.1. The summed E-state index contributed by atoms with van der Waals surface area (Å²) in [6.45, 7) is 1.47. The number of nitrogens with zero attached hydrogens (tertiary/aromatic N) is 1. The summed E-state index contributed by atoms with van der Waals surface area (Å²) in [5.74, 6) is -1.26. The topological polar surface area (TPSA) is 94.3 Å². The molecule has 1 heterocycles. The number of nitrogen functional groups attached to an aromatic ring is 1. The number of rotatable bonds is 4. The fourth-order valence-corrected chi connectivity index (χ4v) is 2.91. The molecule has 9 heteroatoms. The lowest BCUT2D eigenvalue weighted by atomic mass is 10.2. The van der Waals surface area contributed by atoms with Crippen molar-refractivity contribution in [3.63, 3.8) is 0 Å². The Kier molecular flexibility index (Phi) is 5.95. The normalized spacial score (nSPS) is 16.2. The van der Waals surface area contributed by atoms with Gasteiger partial charge in [0.25, 0.3) is 5.91 Å². The molecular weight excluding hydrogens is 365 g/mol. The van der Waals surface area contributed by atoms with E-state index in [1.54, 1.807) is 0 Å². The van der Waals surface area contributed by atoms with Crippen molar-refractivity contribution in [1.29, 1.82) is 0 Å². The first-order chi connectivity index (χ1) is 10.8. The molecule has 1 aromatic heterocycles. The molecule has 126 valence electrons. The van der Waals surface area contributed by atoms with E-state index in [0.717, 1.165) is 25.7 Å². The van der Waals surface area contributed by atoms with Gasteiger partial charge in [0.2, 0.25) is 0 Å². The number of halogens is 3. The van der Waals surface area contributed by atoms with E-state index >= 15 is 0 Å². The van der Waals surface area contributed by atoms with Gasteiger partial charge in [-0.25, -0.2) is 9.78 Å². The molecule has 0 spiro atoms. The van der Waals surface area contributed by atoms with Gasteiger partial charge in [-0.05, 0) is 19.8 Å². The number of amides is 1. The third kappa shape index (κ3) is 4.19. The van der Waals surface area contributed by atoms with Crippen LogP contribution in [0.5, 0.6) is 0 Å². The van der Waals surface area contributed by atoms with E-state index in [4.69, 9.17) is 45.3 Å². The van der Waals surface area contributed by atoms with Crippen molar-refractivity contribution in [2.75, 3.05) is 5.73 Å². The highest BCUT2D eigenvalue weighted by molar-refractivity contribution is 6.46. The maximum absolute atomic E-state index is 12.1. The van der Waals surface area contributed by atoms with E-state index in [0.29, 0.717) is 0 Å². The van der Waals surface area contributed by atoms with Crippen molar-refractivity contribution in [1.82, 2.24) is 10.3 Å². The van der Waals surface area contributed by atoms with Crippen LogP contribution in [0.1, 0.15) is 43.1 Å². The Morgan fingerprint density at radius 1 is 1.26 bits per heavy atom. The molecule has 1 aromatic rings. The fourth-order valence-electron chi connectivity index (χ4n) is 2.33. The molecule has 6 nitrogen and oxygen atoms in total. The second kappa shape index (κ2) is 7.55. The van der Waals surface area contributed by atoms with E-state index in [1.165, 1.54) is 6.92 Å². The molecule has 0 bridgehead atoms. The van der Waals surface area contributed by atoms with Gasteiger partial charge in [-0.3, -0.25) is 4.79 Å². The van der Waals surface area contributed by atoms with Crippen molar-refractivity contribution >= 4 is 52.4 Å². The molecule has 1 atom stereocenters. The van der Waals surface area contributed by atoms with Gasteiger partial charge in [0.15, 0.2) is 17.0 Å². The number of pyridine rings is 1. The first-order valence-electron chi connectivity index (χ1n) is 7.12. The lowest BCUT2D eigenvalue weighted by Crippen LogP contribution is -2.41. The highest BCUT2D eigenvalue weighted by atomic mass is 35.5. The molecule has 3 N–H and O–H groups in total. The second-order valence-electron chi connectivity index (χ2n) is 5.33. The molecule has 0 saturated heterocycles. The standard InChI is InChI=1S/C14H16Cl3N3O3/c1-6(13(21)19-7-4-2-3-5-7)23-14(22)11-8(15)10(18)9(16)12(17)20-11/h6-7H,2-5H2,1H3,(H2,18,20)(H,19,21)/t6-/m1/s1. The molecule has 0 aromatic carbocycles. The van der Waals surface area contributed by atoms with Gasteiger partial charge >= 0.3 is 5.97 Å². The Hall–Kier alpha value is -1.24. The fraction of sp³-hybridized carbons (Fsp3) is 0.500. The average molecular weight is 381 g/mol. The van der Waals surface area contributed by atoms with Crippen LogP contribution in [0, 0.1) is 0 Å². The van der Waals surface area contributed by atoms with Gasteiger partial charge in [-0.15, -0.1) is 0 Å².